The van der Waals surface area contributed by atoms with Crippen molar-refractivity contribution in [1.29, 1.82) is 5.26 Å². The van der Waals surface area contributed by atoms with Crippen molar-refractivity contribution in [2.45, 2.75) is 19.9 Å². The fraction of sp³-hybridized carbons (Fsp3) is 0.417. The van der Waals surface area contributed by atoms with Crippen LogP contribution in [0.25, 0.3) is 0 Å². The molecule has 0 saturated heterocycles. The predicted molar refractivity (Wildman–Crippen MR) is 62.6 cm³/mol. The molecule has 0 heterocycles. The van der Waals surface area contributed by atoms with Crippen molar-refractivity contribution in [1.82, 2.24) is 4.90 Å². The van der Waals surface area contributed by atoms with Crippen LogP contribution in [0.4, 0.5) is 4.39 Å². The van der Waals surface area contributed by atoms with E-state index in [0.717, 1.165) is 18.5 Å². The molecular formula is C12H14ClFN2. The lowest BCUT2D eigenvalue weighted by molar-refractivity contribution is 0.298. The van der Waals surface area contributed by atoms with Gasteiger partial charge in [0.25, 0.3) is 0 Å². The van der Waals surface area contributed by atoms with E-state index < -0.39 is 0 Å². The molecule has 0 aromatic heterocycles. The van der Waals surface area contributed by atoms with Crippen molar-refractivity contribution >= 4 is 11.6 Å². The van der Waals surface area contributed by atoms with Gasteiger partial charge in [0.2, 0.25) is 0 Å². The van der Waals surface area contributed by atoms with Gasteiger partial charge in [0.1, 0.15) is 5.82 Å². The monoisotopic (exact) mass is 240 g/mol. The lowest BCUT2D eigenvalue weighted by Crippen LogP contribution is -2.24. The van der Waals surface area contributed by atoms with Crippen LogP contribution in [0.3, 0.4) is 0 Å². The third-order valence-corrected chi connectivity index (χ3v) is 2.60. The SMILES string of the molecule is CCCN(CC#N)Cc1cc(F)ccc1Cl. The Kier molecular flexibility index (Phi) is 5.24. The van der Waals surface area contributed by atoms with Crippen molar-refractivity contribution in [3.63, 3.8) is 0 Å². The van der Waals surface area contributed by atoms with Crippen LogP contribution in [0.1, 0.15) is 18.9 Å². The van der Waals surface area contributed by atoms with Crippen LogP contribution in [0, 0.1) is 17.1 Å². The molecule has 16 heavy (non-hydrogen) atoms. The number of benzene rings is 1. The van der Waals surface area contributed by atoms with Crippen molar-refractivity contribution in [2.75, 3.05) is 13.1 Å². The van der Waals surface area contributed by atoms with E-state index in [9.17, 15) is 4.39 Å². The second-order valence-corrected chi connectivity index (χ2v) is 4.01. The standard InChI is InChI=1S/C12H14ClFN2/c1-2-6-16(7-5-15)9-10-8-11(14)3-4-12(10)13/h3-4,8H,2,6-7,9H2,1H3. The van der Waals surface area contributed by atoms with E-state index in [2.05, 4.69) is 6.07 Å². The molecule has 0 bridgehead atoms. The van der Waals surface area contributed by atoms with Gasteiger partial charge in [0, 0.05) is 11.6 Å². The molecule has 1 rings (SSSR count). The Morgan fingerprint density at radius 2 is 2.25 bits per heavy atom. The molecule has 4 heteroatoms. The van der Waals surface area contributed by atoms with E-state index in [0.29, 0.717) is 18.1 Å². The Morgan fingerprint density at radius 1 is 1.50 bits per heavy atom. The first kappa shape index (κ1) is 13.0. The van der Waals surface area contributed by atoms with Crippen molar-refractivity contribution in [3.8, 4) is 6.07 Å². The zero-order valence-corrected chi connectivity index (χ0v) is 9.97. The average molecular weight is 241 g/mol. The number of hydrogen-bond donors (Lipinski definition) is 0. The summed E-state index contributed by atoms with van der Waals surface area (Å²) in [6.07, 6.45) is 0.953. The summed E-state index contributed by atoms with van der Waals surface area (Å²) >= 11 is 5.96. The van der Waals surface area contributed by atoms with Gasteiger partial charge in [-0.1, -0.05) is 18.5 Å². The highest BCUT2D eigenvalue weighted by molar-refractivity contribution is 6.31. The molecule has 0 aliphatic carbocycles. The smallest absolute Gasteiger partial charge is 0.123 e. The van der Waals surface area contributed by atoms with Gasteiger partial charge < -0.3 is 0 Å². The molecule has 2 nitrogen and oxygen atoms in total. The average Bonchev–Trinajstić information content (AvgIpc) is 2.24. The Bertz CT molecular complexity index is 387. The molecule has 1 aromatic rings. The maximum atomic E-state index is 13.0. The number of rotatable bonds is 5. The number of hydrogen-bond acceptors (Lipinski definition) is 2. The largest absolute Gasteiger partial charge is 0.286 e. The van der Waals surface area contributed by atoms with Crippen molar-refractivity contribution < 1.29 is 4.39 Å². The fourth-order valence-electron chi connectivity index (χ4n) is 1.54. The van der Waals surface area contributed by atoms with E-state index in [-0.39, 0.29) is 5.82 Å². The molecule has 0 atom stereocenters. The second-order valence-electron chi connectivity index (χ2n) is 3.60. The summed E-state index contributed by atoms with van der Waals surface area (Å²) in [5.41, 5.74) is 0.727. The van der Waals surface area contributed by atoms with Gasteiger partial charge in [-0.3, -0.25) is 4.90 Å². The van der Waals surface area contributed by atoms with Gasteiger partial charge in [-0.05, 0) is 36.7 Å². The molecule has 0 aliphatic heterocycles. The van der Waals surface area contributed by atoms with Crippen LogP contribution in [0.2, 0.25) is 5.02 Å². The number of nitriles is 1. The third-order valence-electron chi connectivity index (χ3n) is 2.24. The van der Waals surface area contributed by atoms with Crippen LogP contribution >= 0.6 is 11.6 Å². The van der Waals surface area contributed by atoms with Crippen LogP contribution in [0.5, 0.6) is 0 Å². The van der Waals surface area contributed by atoms with Crippen LogP contribution < -0.4 is 0 Å². The lowest BCUT2D eigenvalue weighted by Gasteiger charge is -2.18. The van der Waals surface area contributed by atoms with Crippen LogP contribution in [-0.2, 0) is 6.54 Å². The van der Waals surface area contributed by atoms with E-state index in [1.807, 2.05) is 11.8 Å². The van der Waals surface area contributed by atoms with Gasteiger partial charge >= 0.3 is 0 Å². The van der Waals surface area contributed by atoms with Gasteiger partial charge in [0.05, 0.1) is 12.6 Å². The van der Waals surface area contributed by atoms with E-state index in [4.69, 9.17) is 16.9 Å². The second kappa shape index (κ2) is 6.47. The Labute approximate surface area is 100 Å². The highest BCUT2D eigenvalue weighted by Crippen LogP contribution is 2.18. The van der Waals surface area contributed by atoms with Gasteiger partial charge in [-0.2, -0.15) is 5.26 Å². The fourth-order valence-corrected chi connectivity index (χ4v) is 1.71. The molecule has 0 N–H and O–H groups in total. The van der Waals surface area contributed by atoms with Gasteiger partial charge in [-0.15, -0.1) is 0 Å². The van der Waals surface area contributed by atoms with E-state index in [1.54, 1.807) is 6.07 Å². The summed E-state index contributed by atoms with van der Waals surface area (Å²) in [6.45, 7) is 3.69. The molecule has 86 valence electrons. The van der Waals surface area contributed by atoms with Crippen molar-refractivity contribution in [2.24, 2.45) is 0 Å². The minimum Gasteiger partial charge on any atom is -0.286 e. The van der Waals surface area contributed by atoms with Gasteiger partial charge in [-0.25, -0.2) is 4.39 Å². The minimum atomic E-state index is -0.298. The molecule has 0 saturated carbocycles. The number of halogens is 2. The summed E-state index contributed by atoms with van der Waals surface area (Å²) in [6, 6.07) is 6.39. The Morgan fingerprint density at radius 3 is 2.88 bits per heavy atom. The van der Waals surface area contributed by atoms with Crippen molar-refractivity contribution in [3.05, 3.63) is 34.6 Å². The quantitative estimate of drug-likeness (QED) is 0.739. The molecule has 0 amide bonds. The first-order valence-electron chi connectivity index (χ1n) is 5.20. The highest BCUT2D eigenvalue weighted by atomic mass is 35.5. The zero-order chi connectivity index (χ0) is 12.0. The molecule has 1 aromatic carbocycles. The normalized spacial score (nSPS) is 10.4. The molecule has 0 fully saturated rings. The molecular weight excluding hydrogens is 227 g/mol. The highest BCUT2D eigenvalue weighted by Gasteiger charge is 2.08. The molecule has 0 aliphatic rings. The molecule has 0 radical (unpaired) electrons. The van der Waals surface area contributed by atoms with Crippen LogP contribution in [0.15, 0.2) is 18.2 Å². The van der Waals surface area contributed by atoms with E-state index in [1.165, 1.54) is 12.1 Å². The third kappa shape index (κ3) is 3.80. The maximum absolute atomic E-state index is 13.0. The van der Waals surface area contributed by atoms with E-state index >= 15 is 0 Å². The van der Waals surface area contributed by atoms with Crippen LogP contribution in [-0.4, -0.2) is 18.0 Å². The topological polar surface area (TPSA) is 27.0 Å². The first-order valence-corrected chi connectivity index (χ1v) is 5.58. The summed E-state index contributed by atoms with van der Waals surface area (Å²) in [7, 11) is 0. The Hall–Kier alpha value is -1.11. The zero-order valence-electron chi connectivity index (χ0n) is 9.21. The number of nitrogens with zero attached hydrogens (tertiary/aromatic N) is 2. The lowest BCUT2D eigenvalue weighted by atomic mass is 10.2. The maximum Gasteiger partial charge on any atom is 0.123 e. The summed E-state index contributed by atoms with van der Waals surface area (Å²) in [5, 5.41) is 9.21. The predicted octanol–water partition coefficient (Wildman–Crippen LogP) is 3.21. The summed E-state index contributed by atoms with van der Waals surface area (Å²) in [4.78, 5) is 1.95. The summed E-state index contributed by atoms with van der Waals surface area (Å²) < 4.78 is 13.0. The summed E-state index contributed by atoms with van der Waals surface area (Å²) in [5.74, 6) is -0.298. The van der Waals surface area contributed by atoms with Gasteiger partial charge in [0.15, 0.2) is 0 Å². The molecule has 0 spiro atoms. The molecule has 0 unspecified atom stereocenters. The minimum absolute atomic E-state index is 0.298. The first-order chi connectivity index (χ1) is 7.67. The Balaban J connectivity index is 2.76.